The molecule has 0 aromatic rings. The normalized spacial score (nSPS) is 42.7. The molecule has 0 aromatic heterocycles. The molecule has 2 heteroatoms. The summed E-state index contributed by atoms with van der Waals surface area (Å²) in [6, 6.07) is 0.997. The Bertz CT molecular complexity index is 77.6. The number of nitrogens with one attached hydrogen (secondary N) is 1. The van der Waals surface area contributed by atoms with Crippen molar-refractivity contribution < 1.29 is 10.2 Å². The largest absolute Gasteiger partial charge is 0.339 e. The molecule has 0 spiro atoms. The average Bonchev–Trinajstić information content (AvgIpc) is 2.21. The van der Waals surface area contributed by atoms with Crippen LogP contribution in [0.25, 0.3) is 0 Å². The highest BCUT2D eigenvalue weighted by molar-refractivity contribution is 4.59. The molecule has 3 N–H and O–H groups in total. The molecule has 0 amide bonds. The van der Waals surface area contributed by atoms with Gasteiger partial charge in [-0.1, -0.05) is 0 Å². The molecule has 52 valence electrons. The van der Waals surface area contributed by atoms with E-state index in [4.69, 9.17) is 0 Å². The molecule has 3 heterocycles. The third kappa shape index (κ3) is 1.10. The molecule has 3 aliphatic heterocycles. The van der Waals surface area contributed by atoms with Gasteiger partial charge in [0.05, 0.1) is 19.1 Å². The fourth-order valence-electron chi connectivity index (χ4n) is 2.06. The van der Waals surface area contributed by atoms with Crippen LogP contribution in [0.4, 0.5) is 0 Å². The van der Waals surface area contributed by atoms with E-state index in [-0.39, 0.29) is 0 Å². The second-order valence-electron chi connectivity index (χ2n) is 3.36. The highest BCUT2D eigenvalue weighted by atomic mass is 15.2. The lowest BCUT2D eigenvalue weighted by molar-refractivity contribution is -0.902. The Balaban J connectivity index is 2.03. The third-order valence-electron chi connectivity index (χ3n) is 2.74. The van der Waals surface area contributed by atoms with Crippen molar-refractivity contribution in [3.05, 3.63) is 0 Å². The van der Waals surface area contributed by atoms with Gasteiger partial charge in [-0.15, -0.1) is 0 Å². The number of hydrogen-bond acceptors (Lipinski definition) is 0. The minimum Gasteiger partial charge on any atom is -0.339 e. The molecule has 0 aliphatic carbocycles. The fourth-order valence-corrected chi connectivity index (χ4v) is 2.06. The Hall–Kier alpha value is -0.0800. The minimum absolute atomic E-state index is 0.997. The summed E-state index contributed by atoms with van der Waals surface area (Å²) in [7, 11) is 0. The van der Waals surface area contributed by atoms with E-state index in [0.29, 0.717) is 0 Å². The van der Waals surface area contributed by atoms with Crippen LogP contribution < -0.4 is 10.2 Å². The summed E-state index contributed by atoms with van der Waals surface area (Å²) in [6.45, 7) is 5.68. The number of piperidine rings is 1. The van der Waals surface area contributed by atoms with Gasteiger partial charge in [-0.3, -0.25) is 0 Å². The summed E-state index contributed by atoms with van der Waals surface area (Å²) in [4.78, 5) is 1.85. The fraction of sp³-hybridized carbons (Fsp3) is 1.00. The van der Waals surface area contributed by atoms with Crippen molar-refractivity contribution in [2.45, 2.75) is 18.9 Å². The summed E-state index contributed by atoms with van der Waals surface area (Å²) in [6.07, 6.45) is 2.94. The third-order valence-corrected chi connectivity index (χ3v) is 2.74. The van der Waals surface area contributed by atoms with Gasteiger partial charge in [0.1, 0.15) is 13.1 Å². The van der Waals surface area contributed by atoms with Gasteiger partial charge in [-0.05, 0) is 0 Å². The van der Waals surface area contributed by atoms with Crippen LogP contribution in [0.3, 0.4) is 0 Å². The van der Waals surface area contributed by atoms with E-state index in [1.165, 1.54) is 39.0 Å². The molecular weight excluding hydrogens is 112 g/mol. The van der Waals surface area contributed by atoms with Crippen LogP contribution in [0.5, 0.6) is 0 Å². The topological polar surface area (TPSA) is 21.1 Å². The first-order valence-corrected chi connectivity index (χ1v) is 4.12. The summed E-state index contributed by atoms with van der Waals surface area (Å²) in [5.41, 5.74) is 0. The van der Waals surface area contributed by atoms with Crippen LogP contribution in [0, 0.1) is 0 Å². The first kappa shape index (κ1) is 5.69. The first-order valence-electron chi connectivity index (χ1n) is 4.12. The first-order chi connectivity index (χ1) is 4.45. The quantitative estimate of drug-likeness (QED) is 0.363. The van der Waals surface area contributed by atoms with E-state index >= 15 is 0 Å². The Labute approximate surface area is 56.2 Å². The molecule has 3 fully saturated rings. The van der Waals surface area contributed by atoms with Gasteiger partial charge in [0, 0.05) is 12.8 Å². The standard InChI is InChI=1S/C7H14N2/c1-4-9-5-2-7(1)8-3-6-9/h7-8H,1-6H2/p+2. The molecule has 3 saturated heterocycles. The number of fused-ring (bicyclic) bond motifs is 4. The van der Waals surface area contributed by atoms with Gasteiger partial charge < -0.3 is 10.2 Å². The van der Waals surface area contributed by atoms with Gasteiger partial charge in [0.2, 0.25) is 0 Å². The molecule has 2 nitrogen and oxygen atoms in total. The van der Waals surface area contributed by atoms with Crippen molar-refractivity contribution in [1.82, 2.24) is 0 Å². The van der Waals surface area contributed by atoms with Crippen molar-refractivity contribution in [3.8, 4) is 0 Å². The van der Waals surface area contributed by atoms with Gasteiger partial charge >= 0.3 is 0 Å². The zero-order valence-corrected chi connectivity index (χ0v) is 5.90. The Kier molecular flexibility index (Phi) is 1.44. The number of quaternary nitrogens is 2. The highest BCUT2D eigenvalue weighted by Crippen LogP contribution is 1.94. The highest BCUT2D eigenvalue weighted by Gasteiger charge is 2.27. The Morgan fingerprint density at radius 2 is 1.89 bits per heavy atom. The molecule has 9 heavy (non-hydrogen) atoms. The molecule has 0 atom stereocenters. The molecule has 0 radical (unpaired) electrons. The van der Waals surface area contributed by atoms with E-state index in [0.717, 1.165) is 6.04 Å². The van der Waals surface area contributed by atoms with Gasteiger partial charge in [0.15, 0.2) is 0 Å². The molecular formula is C7H16N2+2. The van der Waals surface area contributed by atoms with Crippen LogP contribution in [0.2, 0.25) is 0 Å². The monoisotopic (exact) mass is 128 g/mol. The molecule has 0 unspecified atom stereocenters. The molecule has 0 saturated carbocycles. The van der Waals surface area contributed by atoms with E-state index in [1.54, 1.807) is 0 Å². The van der Waals surface area contributed by atoms with Crippen LogP contribution in [-0.2, 0) is 0 Å². The minimum atomic E-state index is 0.997. The van der Waals surface area contributed by atoms with Crippen molar-refractivity contribution in [2.24, 2.45) is 0 Å². The molecule has 0 aromatic carbocycles. The predicted molar refractivity (Wildman–Crippen MR) is 35.4 cm³/mol. The Morgan fingerprint density at radius 3 is 2.67 bits per heavy atom. The number of rotatable bonds is 0. The average molecular weight is 128 g/mol. The molecule has 3 rings (SSSR count). The SMILES string of the molecule is C1C[NH+]2CCC(CC2)[NH2+]1. The summed E-state index contributed by atoms with van der Waals surface area (Å²) in [5.74, 6) is 0. The maximum Gasteiger partial charge on any atom is 0.127 e. The van der Waals surface area contributed by atoms with Crippen molar-refractivity contribution in [2.75, 3.05) is 26.2 Å². The van der Waals surface area contributed by atoms with Crippen LogP contribution >= 0.6 is 0 Å². The molecule has 3 aliphatic rings. The van der Waals surface area contributed by atoms with Gasteiger partial charge in [-0.2, -0.15) is 0 Å². The summed E-state index contributed by atoms with van der Waals surface area (Å²) < 4.78 is 0. The van der Waals surface area contributed by atoms with Gasteiger partial charge in [0.25, 0.3) is 0 Å². The number of nitrogens with two attached hydrogens (primary N) is 1. The zero-order chi connectivity index (χ0) is 6.10. The Morgan fingerprint density at radius 1 is 1.11 bits per heavy atom. The van der Waals surface area contributed by atoms with E-state index in [9.17, 15) is 0 Å². The summed E-state index contributed by atoms with van der Waals surface area (Å²) >= 11 is 0. The van der Waals surface area contributed by atoms with Crippen molar-refractivity contribution in [1.29, 1.82) is 0 Å². The zero-order valence-electron chi connectivity index (χ0n) is 5.90. The van der Waals surface area contributed by atoms with Crippen molar-refractivity contribution in [3.63, 3.8) is 0 Å². The predicted octanol–water partition coefficient (Wildman–Crippen LogP) is -2.39. The lowest BCUT2D eigenvalue weighted by atomic mass is 10.1. The van der Waals surface area contributed by atoms with E-state index in [1.807, 2.05) is 4.90 Å². The van der Waals surface area contributed by atoms with E-state index in [2.05, 4.69) is 5.32 Å². The van der Waals surface area contributed by atoms with Crippen LogP contribution in [0.15, 0.2) is 0 Å². The van der Waals surface area contributed by atoms with Crippen LogP contribution in [0.1, 0.15) is 12.8 Å². The van der Waals surface area contributed by atoms with E-state index < -0.39 is 0 Å². The lowest BCUT2D eigenvalue weighted by Gasteiger charge is -2.20. The van der Waals surface area contributed by atoms with Crippen molar-refractivity contribution >= 4 is 0 Å². The summed E-state index contributed by atoms with van der Waals surface area (Å²) in [5, 5.41) is 2.54. The van der Waals surface area contributed by atoms with Crippen LogP contribution in [-0.4, -0.2) is 32.2 Å². The molecule has 2 bridgehead atoms. The number of hydrogen-bond donors (Lipinski definition) is 2. The second-order valence-corrected chi connectivity index (χ2v) is 3.36. The van der Waals surface area contributed by atoms with Gasteiger partial charge in [-0.25, -0.2) is 0 Å². The maximum absolute atomic E-state index is 2.54. The second kappa shape index (κ2) is 2.27. The smallest absolute Gasteiger partial charge is 0.127 e. The maximum atomic E-state index is 2.54. The lowest BCUT2D eigenvalue weighted by Crippen LogP contribution is -3.13.